The van der Waals surface area contributed by atoms with Crippen LogP contribution in [0.25, 0.3) is 0 Å². The van der Waals surface area contributed by atoms with E-state index in [0.29, 0.717) is 11.3 Å². The largest absolute Gasteiger partial charge is 0.381 e. The van der Waals surface area contributed by atoms with E-state index in [9.17, 15) is 9.59 Å². The molecule has 0 aliphatic heterocycles. The monoisotopic (exact) mass is 266 g/mol. The second kappa shape index (κ2) is 7.43. The fourth-order valence-corrected chi connectivity index (χ4v) is 2.35. The van der Waals surface area contributed by atoms with Gasteiger partial charge in [0.05, 0.1) is 5.69 Å². The number of hydrogen-bond acceptors (Lipinski definition) is 4. The molecule has 0 aromatic heterocycles. The highest BCUT2D eigenvalue weighted by Crippen LogP contribution is 2.18. The highest BCUT2D eigenvalue weighted by atomic mass is 16.2. The number of anilines is 1. The molecule has 0 amide bonds. The third-order valence-corrected chi connectivity index (χ3v) is 3.62. The second-order valence-electron chi connectivity index (χ2n) is 5.26. The lowest BCUT2D eigenvalue weighted by atomic mass is 9.96. The maximum Gasteiger partial charge on any atom is 0.249 e. The molecule has 1 aromatic rings. The Morgan fingerprint density at radius 1 is 1.05 bits per heavy atom. The van der Waals surface area contributed by atoms with Crippen LogP contribution in [0.4, 0.5) is 5.69 Å². The van der Waals surface area contributed by atoms with Crippen LogP contribution in [0.15, 0.2) is 9.59 Å². The molecule has 0 atom stereocenters. The topological polar surface area (TPSA) is 49.4 Å². The zero-order valence-electron chi connectivity index (χ0n) is 12.6. The lowest BCUT2D eigenvalue weighted by molar-refractivity contribution is 0.298. The first-order chi connectivity index (χ1) is 9.02. The van der Waals surface area contributed by atoms with Crippen LogP contribution in [0, 0.1) is 0 Å². The summed E-state index contributed by atoms with van der Waals surface area (Å²) in [5.74, 6) is 0.128. The molecule has 0 radical (unpaired) electrons. The van der Waals surface area contributed by atoms with Crippen molar-refractivity contribution in [1.29, 1.82) is 0 Å². The van der Waals surface area contributed by atoms with Crippen LogP contribution in [0.1, 0.15) is 52.0 Å². The third-order valence-electron chi connectivity index (χ3n) is 3.62. The smallest absolute Gasteiger partial charge is 0.249 e. The Kier molecular flexibility index (Phi) is 6.22. The summed E-state index contributed by atoms with van der Waals surface area (Å²) in [6.07, 6.45) is 2.13. The van der Waals surface area contributed by atoms with Crippen molar-refractivity contribution >= 4 is 5.69 Å². The summed E-state index contributed by atoms with van der Waals surface area (Å²) < 4.78 is 0. The van der Waals surface area contributed by atoms with E-state index in [2.05, 4.69) is 24.1 Å². The van der Waals surface area contributed by atoms with E-state index >= 15 is 0 Å². The highest BCUT2D eigenvalue weighted by Gasteiger charge is 2.22. The Balaban J connectivity index is 2.33. The predicted octanol–water partition coefficient (Wildman–Crippen LogP) is 1.94. The van der Waals surface area contributed by atoms with Crippen LogP contribution in [-0.2, 0) is 0 Å². The zero-order chi connectivity index (χ0) is 14.4. The van der Waals surface area contributed by atoms with E-state index in [4.69, 9.17) is 0 Å². The number of nitrogens with one attached hydrogen (secondary N) is 1. The van der Waals surface area contributed by atoms with Crippen LogP contribution < -0.4 is 16.2 Å². The molecular weight excluding hydrogens is 240 g/mol. The SMILES string of the molecule is CCN(CC)CCCCNc1c(C(C)C)c(=O)c1=O. The predicted molar refractivity (Wildman–Crippen MR) is 81.0 cm³/mol. The van der Waals surface area contributed by atoms with Gasteiger partial charge in [-0.1, -0.05) is 27.7 Å². The molecule has 0 unspecified atom stereocenters. The summed E-state index contributed by atoms with van der Waals surface area (Å²) in [7, 11) is 0. The quantitative estimate of drug-likeness (QED) is 0.548. The van der Waals surface area contributed by atoms with Crippen LogP contribution in [0.2, 0.25) is 0 Å². The molecule has 1 aromatic carbocycles. The molecule has 0 aliphatic carbocycles. The summed E-state index contributed by atoms with van der Waals surface area (Å²) in [4.78, 5) is 25.3. The van der Waals surface area contributed by atoms with E-state index in [-0.39, 0.29) is 16.8 Å². The van der Waals surface area contributed by atoms with Gasteiger partial charge < -0.3 is 10.2 Å². The maximum atomic E-state index is 11.5. The molecule has 4 nitrogen and oxygen atoms in total. The van der Waals surface area contributed by atoms with E-state index in [1.807, 2.05) is 13.8 Å². The van der Waals surface area contributed by atoms with Crippen molar-refractivity contribution in [2.24, 2.45) is 0 Å². The van der Waals surface area contributed by atoms with Crippen molar-refractivity contribution in [2.75, 3.05) is 31.5 Å². The number of nitrogens with zero attached hydrogens (tertiary/aromatic N) is 1. The Bertz CT molecular complexity index is 455. The van der Waals surface area contributed by atoms with Gasteiger partial charge in [-0.25, -0.2) is 0 Å². The molecule has 0 fully saturated rings. The number of rotatable bonds is 9. The number of hydrogen-bond donors (Lipinski definition) is 1. The summed E-state index contributed by atoms with van der Waals surface area (Å²) in [6, 6.07) is 0. The van der Waals surface area contributed by atoms with Gasteiger partial charge >= 0.3 is 0 Å². The Hall–Kier alpha value is -1.16. The molecule has 0 aliphatic rings. The van der Waals surface area contributed by atoms with Crippen LogP contribution in [0.3, 0.4) is 0 Å². The standard InChI is InChI=1S/C15H26N2O2/c1-5-17(6-2)10-8-7-9-16-13-12(11(3)4)14(18)15(13)19/h11,16H,5-10H2,1-4H3. The summed E-state index contributed by atoms with van der Waals surface area (Å²) in [6.45, 7) is 12.3. The highest BCUT2D eigenvalue weighted by molar-refractivity contribution is 5.57. The van der Waals surface area contributed by atoms with E-state index in [0.717, 1.165) is 39.0 Å². The second-order valence-corrected chi connectivity index (χ2v) is 5.26. The van der Waals surface area contributed by atoms with Gasteiger partial charge in [-0.05, 0) is 38.4 Å². The molecule has 0 spiro atoms. The first-order valence-corrected chi connectivity index (χ1v) is 7.32. The minimum atomic E-state index is -0.340. The fourth-order valence-electron chi connectivity index (χ4n) is 2.35. The molecular formula is C15H26N2O2. The third kappa shape index (κ3) is 3.90. The normalized spacial score (nSPS) is 11.7. The molecule has 0 bridgehead atoms. The molecule has 1 rings (SSSR count). The molecule has 108 valence electrons. The first-order valence-electron chi connectivity index (χ1n) is 7.32. The fraction of sp³-hybridized carbons (Fsp3) is 0.733. The molecule has 0 heterocycles. The van der Waals surface area contributed by atoms with Crippen molar-refractivity contribution in [3.8, 4) is 0 Å². The Labute approximate surface area is 115 Å². The minimum absolute atomic E-state index is 0.128. The van der Waals surface area contributed by atoms with Gasteiger partial charge in [-0.2, -0.15) is 0 Å². The van der Waals surface area contributed by atoms with Gasteiger partial charge in [0, 0.05) is 12.1 Å². The molecule has 1 N–H and O–H groups in total. The van der Waals surface area contributed by atoms with Crippen LogP contribution in [-0.4, -0.2) is 31.1 Å². The summed E-state index contributed by atoms with van der Waals surface area (Å²) in [5, 5.41) is 3.13. The zero-order valence-corrected chi connectivity index (χ0v) is 12.6. The minimum Gasteiger partial charge on any atom is -0.381 e. The maximum absolute atomic E-state index is 11.5. The lowest BCUT2D eigenvalue weighted by Gasteiger charge is -2.18. The Morgan fingerprint density at radius 3 is 2.21 bits per heavy atom. The van der Waals surface area contributed by atoms with E-state index in [1.165, 1.54) is 0 Å². The van der Waals surface area contributed by atoms with Gasteiger partial charge in [0.25, 0.3) is 0 Å². The first kappa shape index (κ1) is 15.9. The van der Waals surface area contributed by atoms with E-state index < -0.39 is 0 Å². The van der Waals surface area contributed by atoms with Crippen molar-refractivity contribution in [3.63, 3.8) is 0 Å². The van der Waals surface area contributed by atoms with Gasteiger partial charge in [0.1, 0.15) is 0 Å². The molecule has 0 saturated carbocycles. The molecule has 19 heavy (non-hydrogen) atoms. The summed E-state index contributed by atoms with van der Waals surface area (Å²) >= 11 is 0. The average Bonchev–Trinajstić information content (AvgIpc) is 2.40. The number of unbranched alkanes of at least 4 members (excludes halogenated alkanes) is 1. The molecule has 4 heteroatoms. The van der Waals surface area contributed by atoms with Crippen molar-refractivity contribution < 1.29 is 0 Å². The van der Waals surface area contributed by atoms with Crippen LogP contribution in [0.5, 0.6) is 0 Å². The Morgan fingerprint density at radius 2 is 1.68 bits per heavy atom. The van der Waals surface area contributed by atoms with E-state index in [1.54, 1.807) is 0 Å². The summed E-state index contributed by atoms with van der Waals surface area (Å²) in [5.41, 5.74) is 0.588. The van der Waals surface area contributed by atoms with Gasteiger partial charge in [0.2, 0.25) is 10.9 Å². The van der Waals surface area contributed by atoms with Crippen molar-refractivity contribution in [2.45, 2.75) is 46.5 Å². The van der Waals surface area contributed by atoms with Gasteiger partial charge in [-0.3, -0.25) is 9.59 Å². The molecule has 0 saturated heterocycles. The van der Waals surface area contributed by atoms with Crippen LogP contribution >= 0.6 is 0 Å². The lowest BCUT2D eigenvalue weighted by Crippen LogP contribution is -2.39. The average molecular weight is 266 g/mol. The van der Waals surface area contributed by atoms with Crippen molar-refractivity contribution in [3.05, 3.63) is 26.0 Å². The van der Waals surface area contributed by atoms with Gasteiger partial charge in [0.15, 0.2) is 0 Å². The van der Waals surface area contributed by atoms with Crippen molar-refractivity contribution in [1.82, 2.24) is 4.90 Å². The van der Waals surface area contributed by atoms with Gasteiger partial charge in [-0.15, -0.1) is 0 Å².